The summed E-state index contributed by atoms with van der Waals surface area (Å²) in [7, 11) is 1.62. The average Bonchev–Trinajstić information content (AvgIpc) is 3.21. The van der Waals surface area contributed by atoms with Crippen molar-refractivity contribution in [2.24, 2.45) is 0 Å². The van der Waals surface area contributed by atoms with Gasteiger partial charge in [-0.3, -0.25) is 4.79 Å². The molecule has 0 saturated heterocycles. The minimum absolute atomic E-state index is 0.159. The first-order chi connectivity index (χ1) is 14.1. The number of halogens is 1. The Morgan fingerprint density at radius 2 is 1.76 bits per heavy atom. The summed E-state index contributed by atoms with van der Waals surface area (Å²) in [5.74, 6) is 0.264. The summed E-state index contributed by atoms with van der Waals surface area (Å²) in [5, 5.41) is 7.79. The molecule has 0 radical (unpaired) electrons. The minimum Gasteiger partial charge on any atom is -0.497 e. The normalized spacial score (nSPS) is 14.6. The van der Waals surface area contributed by atoms with Crippen molar-refractivity contribution in [3.05, 3.63) is 66.1 Å². The molecule has 150 valence electrons. The summed E-state index contributed by atoms with van der Waals surface area (Å²) in [5.41, 5.74) is 2.62. The standard InChI is InChI=1S/C23H24FN3O2/c1-29-20-13-7-16(8-14-20)21-15-22(23(28)25-18-5-3-2-4-6-18)27(26-21)19-11-9-17(24)10-12-19/h7-15,18H,2-6H2,1H3,(H,25,28). The van der Waals surface area contributed by atoms with Gasteiger partial charge in [-0.2, -0.15) is 5.10 Å². The third kappa shape index (κ3) is 4.31. The Bertz CT molecular complexity index is 974. The summed E-state index contributed by atoms with van der Waals surface area (Å²) in [6.07, 6.45) is 5.50. The minimum atomic E-state index is -0.329. The topological polar surface area (TPSA) is 56.1 Å². The van der Waals surface area contributed by atoms with Gasteiger partial charge >= 0.3 is 0 Å². The Hall–Kier alpha value is -3.15. The van der Waals surface area contributed by atoms with Crippen molar-refractivity contribution >= 4 is 5.91 Å². The maximum atomic E-state index is 13.4. The second-order valence-electron chi connectivity index (χ2n) is 7.34. The van der Waals surface area contributed by atoms with Crippen LogP contribution in [0.25, 0.3) is 16.9 Å². The zero-order valence-corrected chi connectivity index (χ0v) is 16.4. The number of amides is 1. The van der Waals surface area contributed by atoms with Gasteiger partial charge in [0.25, 0.3) is 5.91 Å². The number of methoxy groups -OCH3 is 1. The van der Waals surface area contributed by atoms with Crippen LogP contribution in [0.1, 0.15) is 42.6 Å². The summed E-state index contributed by atoms with van der Waals surface area (Å²) in [6, 6.07) is 15.5. The Morgan fingerprint density at radius 3 is 2.41 bits per heavy atom. The number of aromatic nitrogens is 2. The van der Waals surface area contributed by atoms with E-state index in [0.717, 1.165) is 37.0 Å². The molecule has 0 unspecified atom stereocenters. The van der Waals surface area contributed by atoms with Crippen LogP contribution in [0, 0.1) is 5.82 Å². The van der Waals surface area contributed by atoms with Crippen LogP contribution in [0.4, 0.5) is 4.39 Å². The van der Waals surface area contributed by atoms with Crippen molar-refractivity contribution in [2.45, 2.75) is 38.1 Å². The van der Waals surface area contributed by atoms with Crippen molar-refractivity contribution in [1.29, 1.82) is 0 Å². The van der Waals surface area contributed by atoms with Crippen LogP contribution in [-0.4, -0.2) is 28.8 Å². The second-order valence-corrected chi connectivity index (χ2v) is 7.34. The molecule has 1 aromatic heterocycles. The fourth-order valence-corrected chi connectivity index (χ4v) is 3.73. The molecule has 0 aliphatic heterocycles. The molecule has 0 atom stereocenters. The summed E-state index contributed by atoms with van der Waals surface area (Å²) >= 11 is 0. The van der Waals surface area contributed by atoms with E-state index in [4.69, 9.17) is 4.74 Å². The molecule has 0 bridgehead atoms. The fourth-order valence-electron chi connectivity index (χ4n) is 3.73. The largest absolute Gasteiger partial charge is 0.497 e. The maximum absolute atomic E-state index is 13.4. The molecule has 0 spiro atoms. The molecular formula is C23H24FN3O2. The van der Waals surface area contributed by atoms with Gasteiger partial charge in [0.2, 0.25) is 0 Å². The van der Waals surface area contributed by atoms with Crippen LogP contribution in [0.15, 0.2) is 54.6 Å². The highest BCUT2D eigenvalue weighted by Gasteiger charge is 2.22. The molecule has 1 heterocycles. The number of carbonyl (C=O) groups excluding carboxylic acids is 1. The van der Waals surface area contributed by atoms with E-state index in [1.54, 1.807) is 30.0 Å². The predicted molar refractivity (Wildman–Crippen MR) is 110 cm³/mol. The van der Waals surface area contributed by atoms with Crippen LogP contribution >= 0.6 is 0 Å². The van der Waals surface area contributed by atoms with Crippen LogP contribution < -0.4 is 10.1 Å². The van der Waals surface area contributed by atoms with Gasteiger partial charge in [0.15, 0.2) is 0 Å². The van der Waals surface area contributed by atoms with Crippen molar-refractivity contribution in [2.75, 3.05) is 7.11 Å². The molecule has 1 aliphatic rings. The number of nitrogens with one attached hydrogen (secondary N) is 1. The smallest absolute Gasteiger partial charge is 0.270 e. The number of rotatable bonds is 5. The molecule has 1 saturated carbocycles. The summed E-state index contributed by atoms with van der Waals surface area (Å²) in [4.78, 5) is 13.1. The van der Waals surface area contributed by atoms with E-state index in [0.29, 0.717) is 17.1 Å². The van der Waals surface area contributed by atoms with Crippen molar-refractivity contribution < 1.29 is 13.9 Å². The van der Waals surface area contributed by atoms with Crippen molar-refractivity contribution in [1.82, 2.24) is 15.1 Å². The van der Waals surface area contributed by atoms with Crippen LogP contribution in [0.3, 0.4) is 0 Å². The molecule has 1 amide bonds. The fraction of sp³-hybridized carbons (Fsp3) is 0.304. The number of nitrogens with zero attached hydrogens (tertiary/aromatic N) is 2. The van der Waals surface area contributed by atoms with Gasteiger partial charge in [0.05, 0.1) is 18.5 Å². The third-order valence-electron chi connectivity index (χ3n) is 5.34. The van der Waals surface area contributed by atoms with Crippen LogP contribution in [-0.2, 0) is 0 Å². The number of carbonyl (C=O) groups is 1. The Labute approximate surface area is 169 Å². The monoisotopic (exact) mass is 393 g/mol. The average molecular weight is 393 g/mol. The SMILES string of the molecule is COc1ccc(-c2cc(C(=O)NC3CCCCC3)n(-c3ccc(F)cc3)n2)cc1. The number of hydrogen-bond donors (Lipinski definition) is 1. The first-order valence-electron chi connectivity index (χ1n) is 9.95. The maximum Gasteiger partial charge on any atom is 0.270 e. The van der Waals surface area contributed by atoms with Crippen LogP contribution in [0.5, 0.6) is 5.75 Å². The highest BCUT2D eigenvalue weighted by molar-refractivity contribution is 5.94. The molecule has 6 heteroatoms. The van der Waals surface area contributed by atoms with E-state index in [2.05, 4.69) is 10.4 Å². The highest BCUT2D eigenvalue weighted by atomic mass is 19.1. The molecular weight excluding hydrogens is 369 g/mol. The predicted octanol–water partition coefficient (Wildman–Crippen LogP) is 4.75. The van der Waals surface area contributed by atoms with E-state index >= 15 is 0 Å². The quantitative estimate of drug-likeness (QED) is 0.681. The van der Waals surface area contributed by atoms with Gasteiger partial charge in [-0.05, 0) is 67.4 Å². The second kappa shape index (κ2) is 8.47. The number of ether oxygens (including phenoxy) is 1. The van der Waals surface area contributed by atoms with Gasteiger partial charge in [-0.1, -0.05) is 19.3 Å². The molecule has 5 nitrogen and oxygen atoms in total. The van der Waals surface area contributed by atoms with E-state index in [-0.39, 0.29) is 17.8 Å². The van der Waals surface area contributed by atoms with Crippen LogP contribution in [0.2, 0.25) is 0 Å². The summed E-state index contributed by atoms with van der Waals surface area (Å²) < 4.78 is 20.2. The van der Waals surface area contributed by atoms with Gasteiger partial charge in [0.1, 0.15) is 17.3 Å². The molecule has 4 rings (SSSR count). The Morgan fingerprint density at radius 1 is 1.07 bits per heavy atom. The molecule has 1 N–H and O–H groups in total. The van der Waals surface area contributed by atoms with E-state index in [1.807, 2.05) is 24.3 Å². The first-order valence-corrected chi connectivity index (χ1v) is 9.95. The van der Waals surface area contributed by atoms with E-state index in [9.17, 15) is 9.18 Å². The molecule has 1 fully saturated rings. The lowest BCUT2D eigenvalue weighted by atomic mass is 9.95. The molecule has 2 aromatic carbocycles. The lowest BCUT2D eigenvalue weighted by Crippen LogP contribution is -2.37. The van der Waals surface area contributed by atoms with E-state index < -0.39 is 0 Å². The van der Waals surface area contributed by atoms with Gasteiger partial charge < -0.3 is 10.1 Å². The van der Waals surface area contributed by atoms with Gasteiger partial charge in [-0.25, -0.2) is 9.07 Å². The van der Waals surface area contributed by atoms with E-state index in [1.165, 1.54) is 18.6 Å². The highest BCUT2D eigenvalue weighted by Crippen LogP contribution is 2.25. The van der Waals surface area contributed by atoms with Crippen molar-refractivity contribution in [3.8, 4) is 22.7 Å². The molecule has 3 aromatic rings. The number of hydrogen-bond acceptors (Lipinski definition) is 3. The van der Waals surface area contributed by atoms with Crippen molar-refractivity contribution in [3.63, 3.8) is 0 Å². The first kappa shape index (κ1) is 19.2. The van der Waals surface area contributed by atoms with Gasteiger partial charge in [0, 0.05) is 11.6 Å². The number of benzene rings is 2. The summed E-state index contributed by atoms with van der Waals surface area (Å²) in [6.45, 7) is 0. The molecule has 1 aliphatic carbocycles. The Balaban J connectivity index is 1.69. The zero-order chi connectivity index (χ0) is 20.2. The zero-order valence-electron chi connectivity index (χ0n) is 16.4. The molecule has 29 heavy (non-hydrogen) atoms. The lowest BCUT2D eigenvalue weighted by Gasteiger charge is -2.22. The Kier molecular flexibility index (Phi) is 5.60. The van der Waals surface area contributed by atoms with Gasteiger partial charge in [-0.15, -0.1) is 0 Å². The lowest BCUT2D eigenvalue weighted by molar-refractivity contribution is 0.0920. The third-order valence-corrected chi connectivity index (χ3v) is 5.34.